The molecule has 156 valence electrons. The van der Waals surface area contributed by atoms with Crippen LogP contribution in [0.25, 0.3) is 0 Å². The van der Waals surface area contributed by atoms with E-state index in [0.717, 1.165) is 0 Å². The van der Waals surface area contributed by atoms with E-state index in [1.807, 2.05) is 0 Å². The molecule has 0 saturated carbocycles. The molecule has 0 aliphatic carbocycles. The van der Waals surface area contributed by atoms with Gasteiger partial charge in [-0.1, -0.05) is 0 Å². The van der Waals surface area contributed by atoms with E-state index in [1.54, 1.807) is 0 Å². The molecule has 0 saturated heterocycles. The van der Waals surface area contributed by atoms with Gasteiger partial charge in [0.15, 0.2) is 30.4 Å². The zero-order valence-corrected chi connectivity index (χ0v) is 15.0. The SMILES string of the molecule is O=S(=O)([O-])C(F)(F)F.O=S(=O)([O-])C(F)(F)F.O=S(=O)([O-])C(F)(F)F.[Ir+3]. The summed E-state index contributed by atoms with van der Waals surface area (Å²) < 4.78 is 177. The third-order valence-electron chi connectivity index (χ3n) is 0.850. The van der Waals surface area contributed by atoms with Crippen LogP contribution in [0.1, 0.15) is 0 Å². The van der Waals surface area contributed by atoms with E-state index in [4.69, 9.17) is 38.9 Å². The summed E-state index contributed by atoms with van der Waals surface area (Å²) in [7, 11) is -18.3. The average Bonchev–Trinajstić information content (AvgIpc) is 2.08. The predicted octanol–water partition coefficient (Wildman–Crippen LogP) is 0.152. The maximum absolute atomic E-state index is 10.7. The molecular formula is C3F9IrO9S3. The molecule has 0 aliphatic rings. The van der Waals surface area contributed by atoms with Crippen LogP contribution in [0.3, 0.4) is 0 Å². The minimum absolute atomic E-state index is 0. The van der Waals surface area contributed by atoms with Gasteiger partial charge in [-0.25, -0.2) is 25.3 Å². The molecule has 0 unspecified atom stereocenters. The molecule has 0 heterocycles. The van der Waals surface area contributed by atoms with Crippen LogP contribution in [0.2, 0.25) is 0 Å². The van der Waals surface area contributed by atoms with Crippen molar-refractivity contribution in [1.29, 1.82) is 0 Å². The fraction of sp³-hybridized carbons (Fsp3) is 1.00. The van der Waals surface area contributed by atoms with Crippen molar-refractivity contribution in [2.75, 3.05) is 0 Å². The molecule has 0 aromatic rings. The Labute approximate surface area is 145 Å². The van der Waals surface area contributed by atoms with Crippen molar-refractivity contribution in [3.63, 3.8) is 0 Å². The maximum atomic E-state index is 10.7. The molecule has 9 nitrogen and oxygen atoms in total. The Balaban J connectivity index is -0.000000130. The van der Waals surface area contributed by atoms with Gasteiger partial charge in [0, 0.05) is 0 Å². The summed E-state index contributed by atoms with van der Waals surface area (Å²) in [6.45, 7) is 0. The van der Waals surface area contributed by atoms with E-state index >= 15 is 0 Å². The molecule has 0 rings (SSSR count). The van der Waals surface area contributed by atoms with E-state index in [0.29, 0.717) is 0 Å². The minimum atomic E-state index is -6.09. The standard InChI is InChI=1S/3CHF3O3S.Ir/c3*2-1(3,4)8(5,6)7;/h3*(H,5,6,7);/q;;;+3/p-3. The number of hydrogen-bond donors (Lipinski definition) is 0. The van der Waals surface area contributed by atoms with E-state index in [1.165, 1.54) is 0 Å². The summed E-state index contributed by atoms with van der Waals surface area (Å²) in [6, 6.07) is 0. The number of alkyl halides is 9. The summed E-state index contributed by atoms with van der Waals surface area (Å²) in [5.74, 6) is 0. The summed E-state index contributed by atoms with van der Waals surface area (Å²) in [5, 5.41) is 0. The molecule has 0 fully saturated rings. The van der Waals surface area contributed by atoms with Gasteiger partial charge in [0.25, 0.3) is 0 Å². The van der Waals surface area contributed by atoms with E-state index in [-0.39, 0.29) is 20.1 Å². The van der Waals surface area contributed by atoms with Crippen LogP contribution in [-0.2, 0) is 50.5 Å². The summed E-state index contributed by atoms with van der Waals surface area (Å²) in [4.78, 5) is 0. The Morgan fingerprint density at radius 1 is 0.440 bits per heavy atom. The monoisotopic (exact) mass is 640 g/mol. The van der Waals surface area contributed by atoms with E-state index in [9.17, 15) is 39.5 Å². The summed E-state index contributed by atoms with van der Waals surface area (Å²) >= 11 is 0. The van der Waals surface area contributed by atoms with Crippen molar-refractivity contribution in [2.24, 2.45) is 0 Å². The van der Waals surface area contributed by atoms with Gasteiger partial charge in [-0.2, -0.15) is 39.5 Å². The smallest absolute Gasteiger partial charge is 0.741 e. The second-order valence-electron chi connectivity index (χ2n) is 2.70. The quantitative estimate of drug-likeness (QED) is 0.203. The van der Waals surface area contributed by atoms with Crippen LogP contribution >= 0.6 is 0 Å². The predicted molar refractivity (Wildman–Crippen MR) is 47.3 cm³/mol. The van der Waals surface area contributed by atoms with Crippen LogP contribution < -0.4 is 0 Å². The molecule has 0 N–H and O–H groups in total. The number of hydrogen-bond acceptors (Lipinski definition) is 9. The van der Waals surface area contributed by atoms with Gasteiger partial charge in [0.2, 0.25) is 0 Å². The van der Waals surface area contributed by atoms with Crippen LogP contribution in [0, 0.1) is 0 Å². The molecule has 0 radical (unpaired) electrons. The number of rotatable bonds is 0. The van der Waals surface area contributed by atoms with Crippen molar-refractivity contribution in [1.82, 2.24) is 0 Å². The molecular weight excluding hydrogens is 639 g/mol. The normalized spacial score (nSPS) is 13.4. The Morgan fingerprint density at radius 2 is 0.480 bits per heavy atom. The van der Waals surface area contributed by atoms with Gasteiger partial charge in [-0.15, -0.1) is 0 Å². The van der Waals surface area contributed by atoms with E-state index < -0.39 is 46.9 Å². The fourth-order valence-corrected chi connectivity index (χ4v) is 0. The third kappa shape index (κ3) is 15.7. The second-order valence-corrected chi connectivity index (χ2v) is 6.81. The van der Waals surface area contributed by atoms with Crippen LogP contribution in [-0.4, -0.2) is 55.4 Å². The minimum Gasteiger partial charge on any atom is -0.741 e. The molecule has 0 spiro atoms. The van der Waals surface area contributed by atoms with Crippen molar-refractivity contribution in [3.05, 3.63) is 0 Å². The van der Waals surface area contributed by atoms with Crippen molar-refractivity contribution < 1.29 is 98.5 Å². The van der Waals surface area contributed by atoms with Crippen LogP contribution in [0.15, 0.2) is 0 Å². The van der Waals surface area contributed by atoms with Crippen LogP contribution in [0.5, 0.6) is 0 Å². The topological polar surface area (TPSA) is 172 Å². The first-order chi connectivity index (χ1) is 9.75. The van der Waals surface area contributed by atoms with Crippen LogP contribution in [0.4, 0.5) is 39.5 Å². The van der Waals surface area contributed by atoms with E-state index in [2.05, 4.69) is 0 Å². The molecule has 0 atom stereocenters. The Kier molecular flexibility index (Phi) is 12.5. The Hall–Kier alpha value is -0.251. The van der Waals surface area contributed by atoms with Gasteiger partial charge in [-0.3, -0.25) is 0 Å². The van der Waals surface area contributed by atoms with Crippen molar-refractivity contribution in [2.45, 2.75) is 16.5 Å². The molecule has 0 bridgehead atoms. The molecule has 22 heteroatoms. The number of halogens is 9. The first-order valence-electron chi connectivity index (χ1n) is 3.81. The zero-order chi connectivity index (χ0) is 21.0. The van der Waals surface area contributed by atoms with Gasteiger partial charge in [0.05, 0.1) is 0 Å². The first-order valence-corrected chi connectivity index (χ1v) is 8.04. The second kappa shape index (κ2) is 9.62. The third-order valence-corrected chi connectivity index (χ3v) is 2.55. The molecule has 0 amide bonds. The molecule has 0 aromatic heterocycles. The Bertz CT molecular complexity index is 596. The maximum Gasteiger partial charge on any atom is 3.00 e. The summed E-state index contributed by atoms with van der Waals surface area (Å²) in [5.41, 5.74) is -16.9. The fourth-order valence-electron chi connectivity index (χ4n) is 0. The summed E-state index contributed by atoms with van der Waals surface area (Å²) in [6.07, 6.45) is 0. The molecule has 0 aliphatic heterocycles. The van der Waals surface area contributed by atoms with Gasteiger partial charge in [0.1, 0.15) is 0 Å². The zero-order valence-electron chi connectivity index (χ0n) is 10.1. The van der Waals surface area contributed by atoms with Gasteiger partial charge in [-0.05, 0) is 0 Å². The van der Waals surface area contributed by atoms with Crippen molar-refractivity contribution >= 4 is 30.4 Å². The average molecular weight is 639 g/mol. The molecule has 25 heavy (non-hydrogen) atoms. The molecule has 0 aromatic carbocycles. The first kappa shape index (κ1) is 32.4. The van der Waals surface area contributed by atoms with Gasteiger partial charge < -0.3 is 13.7 Å². The van der Waals surface area contributed by atoms with Crippen molar-refractivity contribution in [3.8, 4) is 0 Å². The Morgan fingerprint density at radius 3 is 0.480 bits per heavy atom. The largest absolute Gasteiger partial charge is 3.00 e. The van der Waals surface area contributed by atoms with Gasteiger partial charge >= 0.3 is 36.6 Å².